The lowest BCUT2D eigenvalue weighted by atomic mass is 9.61. The van der Waals surface area contributed by atoms with E-state index in [0.717, 1.165) is 12.2 Å². The van der Waals surface area contributed by atoms with Crippen molar-refractivity contribution in [2.24, 2.45) is 11.8 Å². The summed E-state index contributed by atoms with van der Waals surface area (Å²) in [5, 5.41) is 0. The van der Waals surface area contributed by atoms with Gasteiger partial charge < -0.3 is 9.47 Å². The van der Waals surface area contributed by atoms with Crippen LogP contribution in [0.15, 0.2) is 35.4 Å². The normalized spacial score (nSPS) is 34.2. The Morgan fingerprint density at radius 1 is 1.08 bits per heavy atom. The SMILES string of the molecule is COc1ccc(CC2=C(C)CCC3CCC4CC23OC4(C)C)cc1. The fourth-order valence-corrected chi connectivity index (χ4v) is 5.50. The van der Waals surface area contributed by atoms with E-state index >= 15 is 0 Å². The van der Waals surface area contributed by atoms with Crippen molar-refractivity contribution in [2.45, 2.75) is 70.5 Å². The van der Waals surface area contributed by atoms with Gasteiger partial charge in [0.05, 0.1) is 18.3 Å². The Bertz CT molecular complexity index is 655. The van der Waals surface area contributed by atoms with E-state index in [1.54, 1.807) is 18.3 Å². The maximum atomic E-state index is 6.88. The molecule has 1 aliphatic heterocycles. The van der Waals surface area contributed by atoms with E-state index in [-0.39, 0.29) is 11.2 Å². The number of hydrogen-bond donors (Lipinski definition) is 0. The van der Waals surface area contributed by atoms with Gasteiger partial charge in [-0.1, -0.05) is 17.7 Å². The van der Waals surface area contributed by atoms with Crippen molar-refractivity contribution in [3.05, 3.63) is 41.0 Å². The van der Waals surface area contributed by atoms with E-state index in [0.29, 0.717) is 11.8 Å². The molecule has 4 rings (SSSR count). The van der Waals surface area contributed by atoms with E-state index in [4.69, 9.17) is 9.47 Å². The van der Waals surface area contributed by atoms with Gasteiger partial charge in [0.25, 0.3) is 0 Å². The minimum Gasteiger partial charge on any atom is -0.497 e. The number of rotatable bonds is 3. The van der Waals surface area contributed by atoms with Crippen LogP contribution in [-0.4, -0.2) is 18.3 Å². The number of ether oxygens (including phenoxy) is 2. The molecular formula is C22H30O2. The Labute approximate surface area is 146 Å². The van der Waals surface area contributed by atoms with Gasteiger partial charge in [-0.2, -0.15) is 0 Å². The monoisotopic (exact) mass is 326 g/mol. The maximum absolute atomic E-state index is 6.88. The van der Waals surface area contributed by atoms with Crippen LogP contribution in [0, 0.1) is 11.8 Å². The van der Waals surface area contributed by atoms with Gasteiger partial charge in [-0.3, -0.25) is 0 Å². The lowest BCUT2D eigenvalue weighted by Crippen LogP contribution is -2.45. The highest BCUT2D eigenvalue weighted by Gasteiger charge is 2.59. The topological polar surface area (TPSA) is 18.5 Å². The van der Waals surface area contributed by atoms with Gasteiger partial charge >= 0.3 is 0 Å². The molecule has 1 spiro atoms. The van der Waals surface area contributed by atoms with Crippen molar-refractivity contribution in [1.29, 1.82) is 0 Å². The predicted octanol–water partition coefficient (Wildman–Crippen LogP) is 5.31. The molecule has 0 aromatic heterocycles. The van der Waals surface area contributed by atoms with Crippen molar-refractivity contribution >= 4 is 0 Å². The molecule has 24 heavy (non-hydrogen) atoms. The molecule has 0 N–H and O–H groups in total. The molecule has 3 atom stereocenters. The number of allylic oxidation sites excluding steroid dienone is 1. The number of fused-ring (bicyclic) bond motifs is 1. The summed E-state index contributed by atoms with van der Waals surface area (Å²) in [5.74, 6) is 2.36. The summed E-state index contributed by atoms with van der Waals surface area (Å²) >= 11 is 0. The first-order chi connectivity index (χ1) is 11.4. The molecule has 2 bridgehead atoms. The van der Waals surface area contributed by atoms with Crippen LogP contribution in [0.3, 0.4) is 0 Å². The second-order valence-corrected chi connectivity index (χ2v) is 8.59. The summed E-state index contributed by atoms with van der Waals surface area (Å²) in [6, 6.07) is 8.57. The summed E-state index contributed by atoms with van der Waals surface area (Å²) in [7, 11) is 1.73. The van der Waals surface area contributed by atoms with Crippen LogP contribution in [0.5, 0.6) is 5.75 Å². The molecule has 0 amide bonds. The fourth-order valence-electron chi connectivity index (χ4n) is 5.50. The average Bonchev–Trinajstić information content (AvgIpc) is 2.77. The van der Waals surface area contributed by atoms with Gasteiger partial charge in [0.1, 0.15) is 5.75 Å². The first-order valence-corrected chi connectivity index (χ1v) is 9.47. The number of benzene rings is 1. The minimum absolute atomic E-state index is 0.00861. The Kier molecular flexibility index (Phi) is 3.80. The number of methoxy groups -OCH3 is 1. The molecule has 3 unspecified atom stereocenters. The molecule has 3 aliphatic rings. The van der Waals surface area contributed by atoms with Gasteiger partial charge in [-0.05, 0) is 94.4 Å². The second-order valence-electron chi connectivity index (χ2n) is 8.59. The van der Waals surface area contributed by atoms with Gasteiger partial charge in [0.2, 0.25) is 0 Å². The average molecular weight is 326 g/mol. The highest BCUT2D eigenvalue weighted by atomic mass is 16.5. The lowest BCUT2D eigenvalue weighted by molar-refractivity contribution is -0.0982. The van der Waals surface area contributed by atoms with E-state index in [9.17, 15) is 0 Å². The van der Waals surface area contributed by atoms with E-state index < -0.39 is 0 Å². The largest absolute Gasteiger partial charge is 0.497 e. The first-order valence-electron chi connectivity index (χ1n) is 9.47. The van der Waals surface area contributed by atoms with Crippen LogP contribution < -0.4 is 4.74 Å². The van der Waals surface area contributed by atoms with E-state index in [2.05, 4.69) is 45.0 Å². The molecular weight excluding hydrogens is 296 g/mol. The molecule has 1 aromatic carbocycles. The Balaban J connectivity index is 1.69. The fraction of sp³-hybridized carbons (Fsp3) is 0.636. The first kappa shape index (κ1) is 16.2. The lowest BCUT2D eigenvalue weighted by Gasteiger charge is -2.46. The minimum atomic E-state index is 0.00861. The maximum Gasteiger partial charge on any atom is 0.118 e. The smallest absolute Gasteiger partial charge is 0.118 e. The van der Waals surface area contributed by atoms with Crippen molar-refractivity contribution in [2.75, 3.05) is 7.11 Å². The van der Waals surface area contributed by atoms with Crippen LogP contribution in [0.25, 0.3) is 0 Å². The van der Waals surface area contributed by atoms with Crippen LogP contribution in [0.4, 0.5) is 0 Å². The molecule has 1 aromatic rings. The summed E-state index contributed by atoms with van der Waals surface area (Å²) < 4.78 is 12.2. The molecule has 130 valence electrons. The van der Waals surface area contributed by atoms with Crippen molar-refractivity contribution in [3.8, 4) is 5.75 Å². The third kappa shape index (κ3) is 2.42. The van der Waals surface area contributed by atoms with Crippen LogP contribution in [0.2, 0.25) is 0 Å². The van der Waals surface area contributed by atoms with Gasteiger partial charge in [0, 0.05) is 0 Å². The van der Waals surface area contributed by atoms with Crippen LogP contribution >= 0.6 is 0 Å². The quantitative estimate of drug-likeness (QED) is 0.701. The summed E-state index contributed by atoms with van der Waals surface area (Å²) in [6.07, 6.45) is 7.48. The molecule has 1 saturated carbocycles. The Morgan fingerprint density at radius 3 is 2.50 bits per heavy atom. The molecule has 2 fully saturated rings. The summed E-state index contributed by atoms with van der Waals surface area (Å²) in [5.41, 5.74) is 4.56. The predicted molar refractivity (Wildman–Crippen MR) is 97.4 cm³/mol. The zero-order valence-electron chi connectivity index (χ0n) is 15.5. The van der Waals surface area contributed by atoms with Crippen molar-refractivity contribution in [1.82, 2.24) is 0 Å². The summed E-state index contributed by atoms with van der Waals surface area (Å²) in [4.78, 5) is 0. The second kappa shape index (κ2) is 5.62. The van der Waals surface area contributed by atoms with Crippen LogP contribution in [-0.2, 0) is 11.2 Å². The highest BCUT2D eigenvalue weighted by molar-refractivity contribution is 5.38. The van der Waals surface area contributed by atoms with Crippen LogP contribution in [0.1, 0.15) is 58.4 Å². The van der Waals surface area contributed by atoms with Gasteiger partial charge in [0.15, 0.2) is 0 Å². The standard InChI is InChI=1S/C22H30O2/c1-15-5-8-17-9-10-18-14-22(17,24-21(18,2)3)20(15)13-16-6-11-19(23-4)12-7-16/h6-7,11-12,17-18H,5,8-10,13-14H2,1-4H3. The molecule has 1 saturated heterocycles. The zero-order chi connectivity index (χ0) is 16.9. The summed E-state index contributed by atoms with van der Waals surface area (Å²) in [6.45, 7) is 6.95. The third-order valence-corrected chi connectivity index (χ3v) is 6.93. The van der Waals surface area contributed by atoms with Gasteiger partial charge in [-0.25, -0.2) is 0 Å². The van der Waals surface area contributed by atoms with E-state index in [1.165, 1.54) is 37.7 Å². The molecule has 2 heteroatoms. The molecule has 2 nitrogen and oxygen atoms in total. The van der Waals surface area contributed by atoms with Gasteiger partial charge in [-0.15, -0.1) is 0 Å². The zero-order valence-corrected chi connectivity index (χ0v) is 15.5. The Morgan fingerprint density at radius 2 is 1.79 bits per heavy atom. The highest BCUT2D eigenvalue weighted by Crippen LogP contribution is 2.60. The molecule has 1 heterocycles. The number of hydrogen-bond acceptors (Lipinski definition) is 2. The third-order valence-electron chi connectivity index (χ3n) is 6.93. The van der Waals surface area contributed by atoms with Crippen molar-refractivity contribution in [3.63, 3.8) is 0 Å². The molecule has 0 radical (unpaired) electrons. The Hall–Kier alpha value is -1.28. The molecule has 2 aliphatic carbocycles. The van der Waals surface area contributed by atoms with E-state index in [1.807, 2.05) is 0 Å². The van der Waals surface area contributed by atoms with Crippen molar-refractivity contribution < 1.29 is 9.47 Å².